The van der Waals surface area contributed by atoms with E-state index in [1.165, 1.54) is 0 Å². The lowest BCUT2D eigenvalue weighted by Crippen LogP contribution is -2.54. The number of ether oxygens (including phenoxy) is 1. The van der Waals surface area contributed by atoms with Crippen LogP contribution in [0, 0.1) is 5.92 Å². The van der Waals surface area contributed by atoms with Crippen molar-refractivity contribution in [3.05, 3.63) is 35.4 Å². The summed E-state index contributed by atoms with van der Waals surface area (Å²) in [5.41, 5.74) is 0.243. The van der Waals surface area contributed by atoms with Gasteiger partial charge in [0.15, 0.2) is 0 Å². The Labute approximate surface area is 117 Å². The molecule has 1 fully saturated rings. The van der Waals surface area contributed by atoms with Crippen LogP contribution in [0.5, 0.6) is 0 Å². The van der Waals surface area contributed by atoms with Gasteiger partial charge in [0.2, 0.25) is 0 Å². The van der Waals surface area contributed by atoms with Gasteiger partial charge in [-0.15, -0.1) is 0 Å². The van der Waals surface area contributed by atoms with E-state index in [-0.39, 0.29) is 11.8 Å². The third kappa shape index (κ3) is 2.99. The number of aliphatic carboxylic acids is 1. The molecule has 1 aromatic rings. The highest BCUT2D eigenvalue weighted by Crippen LogP contribution is 2.39. The Hall–Kier alpha value is -1.88. The molecule has 0 radical (unpaired) electrons. The molecular formula is C15H19NO4. The number of carboxylic acids is 1. The molecule has 1 amide bonds. The molecule has 1 atom stereocenters. The fourth-order valence-electron chi connectivity index (χ4n) is 2.22. The van der Waals surface area contributed by atoms with Crippen LogP contribution in [-0.4, -0.2) is 29.6 Å². The molecule has 1 aromatic carbocycles. The lowest BCUT2D eigenvalue weighted by atomic mass is 9.95. The molecule has 5 heteroatoms. The summed E-state index contributed by atoms with van der Waals surface area (Å²) in [4.78, 5) is 23.5. The predicted octanol–water partition coefficient (Wildman–Crippen LogP) is 1.82. The van der Waals surface area contributed by atoms with Crippen LogP contribution in [-0.2, 0) is 16.1 Å². The average Bonchev–Trinajstić information content (AvgIpc) is 3.24. The number of carboxylic acid groups (broad SMARTS) is 1. The number of rotatable bonds is 6. The lowest BCUT2D eigenvalue weighted by Gasteiger charge is -2.26. The first kappa shape index (κ1) is 14.5. The van der Waals surface area contributed by atoms with E-state index in [4.69, 9.17) is 4.74 Å². The van der Waals surface area contributed by atoms with Gasteiger partial charge in [-0.05, 0) is 43.4 Å². The van der Waals surface area contributed by atoms with Crippen molar-refractivity contribution in [1.82, 2.24) is 5.32 Å². The minimum atomic E-state index is -1.18. The number of benzene rings is 1. The molecule has 0 bridgehead atoms. The number of methoxy groups -OCH3 is 1. The number of carbonyl (C=O) groups is 2. The largest absolute Gasteiger partial charge is 0.480 e. The SMILES string of the molecule is COCc1ccc(C(=O)NC(C)(C(=O)O)C2CC2)cc1. The summed E-state index contributed by atoms with van der Waals surface area (Å²) >= 11 is 0. The molecule has 1 aliphatic carbocycles. The molecular weight excluding hydrogens is 258 g/mol. The molecule has 0 spiro atoms. The zero-order valence-electron chi connectivity index (χ0n) is 11.7. The van der Waals surface area contributed by atoms with Crippen LogP contribution in [0.3, 0.4) is 0 Å². The summed E-state index contributed by atoms with van der Waals surface area (Å²) in [6.45, 7) is 2.06. The lowest BCUT2D eigenvalue weighted by molar-refractivity contribution is -0.144. The smallest absolute Gasteiger partial charge is 0.329 e. The number of amides is 1. The minimum Gasteiger partial charge on any atom is -0.480 e. The Bertz CT molecular complexity index is 507. The van der Waals surface area contributed by atoms with E-state index < -0.39 is 11.5 Å². The molecule has 2 rings (SSSR count). The van der Waals surface area contributed by atoms with Crippen LogP contribution in [0.25, 0.3) is 0 Å². The Balaban J connectivity index is 2.09. The molecule has 5 nitrogen and oxygen atoms in total. The number of carbonyl (C=O) groups excluding carboxylic acids is 1. The average molecular weight is 277 g/mol. The summed E-state index contributed by atoms with van der Waals surface area (Å²) in [5, 5.41) is 12.0. The van der Waals surface area contributed by atoms with Crippen LogP contribution in [0.15, 0.2) is 24.3 Å². The zero-order chi connectivity index (χ0) is 14.8. The van der Waals surface area contributed by atoms with Crippen molar-refractivity contribution in [2.24, 2.45) is 5.92 Å². The van der Waals surface area contributed by atoms with E-state index in [1.807, 2.05) is 0 Å². The summed E-state index contributed by atoms with van der Waals surface area (Å²) in [6.07, 6.45) is 1.69. The highest BCUT2D eigenvalue weighted by molar-refractivity contribution is 5.98. The van der Waals surface area contributed by atoms with E-state index in [2.05, 4.69) is 5.32 Å². The fraction of sp³-hybridized carbons (Fsp3) is 0.467. The van der Waals surface area contributed by atoms with E-state index in [9.17, 15) is 14.7 Å². The van der Waals surface area contributed by atoms with Gasteiger partial charge in [-0.25, -0.2) is 4.79 Å². The van der Waals surface area contributed by atoms with Crippen LogP contribution in [0.2, 0.25) is 0 Å². The van der Waals surface area contributed by atoms with Gasteiger partial charge in [-0.3, -0.25) is 4.79 Å². The van der Waals surface area contributed by atoms with E-state index >= 15 is 0 Å². The highest BCUT2D eigenvalue weighted by atomic mass is 16.5. The maximum Gasteiger partial charge on any atom is 0.329 e. The van der Waals surface area contributed by atoms with Crippen molar-refractivity contribution < 1.29 is 19.4 Å². The van der Waals surface area contributed by atoms with Gasteiger partial charge in [-0.1, -0.05) is 12.1 Å². The van der Waals surface area contributed by atoms with Gasteiger partial charge in [0.1, 0.15) is 5.54 Å². The third-order valence-electron chi connectivity index (χ3n) is 3.74. The molecule has 20 heavy (non-hydrogen) atoms. The van der Waals surface area contributed by atoms with Crippen LogP contribution in [0.4, 0.5) is 0 Å². The quantitative estimate of drug-likeness (QED) is 0.831. The molecule has 1 saturated carbocycles. The van der Waals surface area contributed by atoms with Gasteiger partial charge >= 0.3 is 5.97 Å². The monoisotopic (exact) mass is 277 g/mol. The first-order chi connectivity index (χ1) is 9.47. The number of nitrogens with one attached hydrogen (secondary N) is 1. The molecule has 1 aliphatic rings. The normalized spacial score (nSPS) is 17.3. The van der Waals surface area contributed by atoms with Crippen molar-refractivity contribution >= 4 is 11.9 Å². The van der Waals surface area contributed by atoms with E-state index in [0.717, 1.165) is 18.4 Å². The second-order valence-corrected chi connectivity index (χ2v) is 5.37. The van der Waals surface area contributed by atoms with E-state index in [1.54, 1.807) is 38.3 Å². The van der Waals surface area contributed by atoms with Crippen molar-refractivity contribution in [3.63, 3.8) is 0 Å². The predicted molar refractivity (Wildman–Crippen MR) is 73.4 cm³/mol. The molecule has 0 aliphatic heterocycles. The topological polar surface area (TPSA) is 75.6 Å². The molecule has 0 heterocycles. The first-order valence-electron chi connectivity index (χ1n) is 6.61. The Morgan fingerprint density at radius 2 is 1.95 bits per heavy atom. The van der Waals surface area contributed by atoms with Crippen molar-refractivity contribution in [2.45, 2.75) is 31.9 Å². The summed E-state index contributed by atoms with van der Waals surface area (Å²) in [5.74, 6) is -1.31. The maximum atomic E-state index is 12.2. The van der Waals surface area contributed by atoms with E-state index in [0.29, 0.717) is 12.2 Å². The Morgan fingerprint density at radius 1 is 1.35 bits per heavy atom. The summed E-state index contributed by atoms with van der Waals surface area (Å²) in [6, 6.07) is 6.96. The van der Waals surface area contributed by atoms with Crippen molar-refractivity contribution in [2.75, 3.05) is 7.11 Å². The van der Waals surface area contributed by atoms with Gasteiger partial charge in [-0.2, -0.15) is 0 Å². The first-order valence-corrected chi connectivity index (χ1v) is 6.61. The summed E-state index contributed by atoms with van der Waals surface area (Å²) in [7, 11) is 1.61. The van der Waals surface area contributed by atoms with Gasteiger partial charge < -0.3 is 15.2 Å². The van der Waals surface area contributed by atoms with Gasteiger partial charge in [0.25, 0.3) is 5.91 Å². The Kier molecular flexibility index (Phi) is 4.09. The van der Waals surface area contributed by atoms with Gasteiger partial charge in [0.05, 0.1) is 6.61 Å². The molecule has 108 valence electrons. The third-order valence-corrected chi connectivity index (χ3v) is 3.74. The maximum absolute atomic E-state index is 12.2. The fourth-order valence-corrected chi connectivity index (χ4v) is 2.22. The highest BCUT2D eigenvalue weighted by Gasteiger charge is 2.48. The van der Waals surface area contributed by atoms with Crippen LogP contribution < -0.4 is 5.32 Å². The summed E-state index contributed by atoms with van der Waals surface area (Å²) < 4.78 is 5.00. The standard InChI is InChI=1S/C15H19NO4/c1-15(14(18)19,12-7-8-12)16-13(17)11-5-3-10(4-6-11)9-20-2/h3-6,12H,7-9H2,1-2H3,(H,16,17)(H,18,19). The number of hydrogen-bond acceptors (Lipinski definition) is 3. The van der Waals surface area contributed by atoms with Crippen LogP contribution >= 0.6 is 0 Å². The minimum absolute atomic E-state index is 0.0247. The number of hydrogen-bond donors (Lipinski definition) is 2. The van der Waals surface area contributed by atoms with Gasteiger partial charge in [0, 0.05) is 12.7 Å². The molecule has 1 unspecified atom stereocenters. The second kappa shape index (κ2) is 5.63. The zero-order valence-corrected chi connectivity index (χ0v) is 11.7. The molecule has 2 N–H and O–H groups in total. The molecule has 0 aromatic heterocycles. The Morgan fingerprint density at radius 3 is 2.40 bits per heavy atom. The van der Waals surface area contributed by atoms with Crippen LogP contribution in [0.1, 0.15) is 35.7 Å². The second-order valence-electron chi connectivity index (χ2n) is 5.37. The van der Waals surface area contributed by atoms with Crippen molar-refractivity contribution in [1.29, 1.82) is 0 Å². The van der Waals surface area contributed by atoms with Crippen molar-refractivity contribution in [3.8, 4) is 0 Å². The molecule has 0 saturated heterocycles.